The maximum absolute atomic E-state index is 6.14. The van der Waals surface area contributed by atoms with Crippen LogP contribution in [0.4, 0.5) is 0 Å². The van der Waals surface area contributed by atoms with Crippen LogP contribution in [0.3, 0.4) is 0 Å². The number of rotatable bonds is 0. The lowest BCUT2D eigenvalue weighted by Gasteiger charge is -2.05. The normalized spacial score (nSPS) is 11.2. The lowest BCUT2D eigenvalue weighted by Crippen LogP contribution is -1.79. The molecule has 0 aliphatic carbocycles. The molecular weight excluding hydrogens is 382 g/mol. The zero-order valence-corrected chi connectivity index (χ0v) is 18.4. The van der Waals surface area contributed by atoms with E-state index in [4.69, 9.17) is 8.39 Å². The van der Waals surface area contributed by atoms with E-state index < -0.39 is 8.01 Å². The standard InChI is InChI=1S/C21H15O2P.C3H9P/c1-24-22-18-12-10-14-6-2-4-8-16(14)20(18)21-17-9-5-3-7-15(17)11-13-19(21)23-24;1-4(2)3/h2-13H,1H3;1-3H3. The molecule has 0 aliphatic heterocycles. The van der Waals surface area contributed by atoms with Crippen LogP contribution in [0.2, 0.25) is 0 Å². The molecule has 0 spiro atoms. The molecule has 1 aromatic heterocycles. The van der Waals surface area contributed by atoms with Crippen molar-refractivity contribution in [1.82, 2.24) is 0 Å². The minimum atomic E-state index is -1.00. The van der Waals surface area contributed by atoms with E-state index >= 15 is 0 Å². The molecule has 142 valence electrons. The zero-order chi connectivity index (χ0) is 19.7. The Balaban J connectivity index is 0.000000442. The largest absolute Gasteiger partial charge is 0.419 e. The van der Waals surface area contributed by atoms with E-state index in [-0.39, 0.29) is 0 Å². The first-order valence-corrected chi connectivity index (χ1v) is 13.6. The third kappa shape index (κ3) is 3.68. The van der Waals surface area contributed by atoms with Crippen molar-refractivity contribution >= 4 is 59.4 Å². The lowest BCUT2D eigenvalue weighted by atomic mass is 9.99. The predicted molar refractivity (Wildman–Crippen MR) is 127 cm³/mol. The smallest absolute Gasteiger partial charge is 0.213 e. The molecule has 0 amide bonds. The van der Waals surface area contributed by atoms with Gasteiger partial charge < -0.3 is 8.39 Å². The van der Waals surface area contributed by atoms with Crippen LogP contribution in [0.25, 0.3) is 43.5 Å². The third-order valence-corrected chi connectivity index (χ3v) is 5.39. The average molecular weight is 406 g/mol. The predicted octanol–water partition coefficient (Wildman–Crippen LogP) is 8.49. The summed E-state index contributed by atoms with van der Waals surface area (Å²) in [6, 6.07) is 25.3. The summed E-state index contributed by atoms with van der Waals surface area (Å²) in [5.41, 5.74) is 1.80. The topological polar surface area (TPSA) is 26.3 Å². The number of hydrogen-bond donors (Lipinski definition) is 0. The summed E-state index contributed by atoms with van der Waals surface area (Å²) in [6.45, 7) is 8.69. The Morgan fingerprint density at radius 1 is 0.607 bits per heavy atom. The van der Waals surface area contributed by atoms with Gasteiger partial charge in [0.05, 0.1) is 0 Å². The van der Waals surface area contributed by atoms with E-state index in [1.54, 1.807) is 0 Å². The summed E-state index contributed by atoms with van der Waals surface area (Å²) in [6.07, 6.45) is 0. The second-order valence-electron chi connectivity index (χ2n) is 7.28. The summed E-state index contributed by atoms with van der Waals surface area (Å²) in [5.74, 6) is 0. The Kier molecular flexibility index (Phi) is 5.44. The maximum atomic E-state index is 6.14. The summed E-state index contributed by atoms with van der Waals surface area (Å²) in [7, 11) is -0.623. The lowest BCUT2D eigenvalue weighted by molar-refractivity contribution is 0.644. The Labute approximate surface area is 167 Å². The van der Waals surface area contributed by atoms with Crippen molar-refractivity contribution in [3.8, 4) is 0 Å². The first-order chi connectivity index (χ1) is 13.5. The van der Waals surface area contributed by atoms with Crippen LogP contribution in [0.1, 0.15) is 0 Å². The molecule has 0 fully saturated rings. The van der Waals surface area contributed by atoms with E-state index in [1.807, 2.05) is 6.66 Å². The first-order valence-electron chi connectivity index (χ1n) is 9.29. The highest BCUT2D eigenvalue weighted by atomic mass is 31.1. The molecule has 28 heavy (non-hydrogen) atoms. The highest BCUT2D eigenvalue weighted by Crippen LogP contribution is 2.39. The van der Waals surface area contributed by atoms with Crippen molar-refractivity contribution in [1.29, 1.82) is 0 Å². The van der Waals surface area contributed by atoms with Gasteiger partial charge in [-0.2, -0.15) is 0 Å². The molecule has 0 bridgehead atoms. The maximum Gasteiger partial charge on any atom is 0.213 e. The number of aryl methyl sites for hydroxylation is 1. The van der Waals surface area contributed by atoms with Crippen molar-refractivity contribution in [2.45, 2.75) is 0 Å². The van der Waals surface area contributed by atoms with Crippen LogP contribution in [-0.2, 0) is 6.66 Å². The Morgan fingerprint density at radius 3 is 1.43 bits per heavy atom. The van der Waals surface area contributed by atoms with Gasteiger partial charge in [0.25, 0.3) is 0 Å². The molecule has 0 radical (unpaired) electrons. The van der Waals surface area contributed by atoms with E-state index in [2.05, 4.69) is 92.8 Å². The second-order valence-corrected chi connectivity index (χ2v) is 11.2. The number of benzene rings is 4. The van der Waals surface area contributed by atoms with Crippen LogP contribution in [0, 0.1) is 0 Å². The SMILES string of the molecule is CP(C)C.Cp1oc2ccc3ccccc3c2c2c(ccc3ccccc32)o1. The summed E-state index contributed by atoms with van der Waals surface area (Å²) in [5, 5.41) is 7.07. The second kappa shape index (κ2) is 8.00. The van der Waals surface area contributed by atoms with E-state index in [0.29, 0.717) is 7.92 Å². The van der Waals surface area contributed by atoms with Crippen LogP contribution in [0.5, 0.6) is 0 Å². The molecule has 0 atom stereocenters. The van der Waals surface area contributed by atoms with Gasteiger partial charge in [0.1, 0.15) is 11.2 Å². The highest BCUT2D eigenvalue weighted by molar-refractivity contribution is 7.55. The van der Waals surface area contributed by atoms with E-state index in [0.717, 1.165) is 21.9 Å². The van der Waals surface area contributed by atoms with Crippen molar-refractivity contribution in [3.63, 3.8) is 0 Å². The molecule has 2 nitrogen and oxygen atoms in total. The minimum Gasteiger partial charge on any atom is -0.419 e. The van der Waals surface area contributed by atoms with Gasteiger partial charge in [-0.15, -0.1) is 7.92 Å². The van der Waals surface area contributed by atoms with Gasteiger partial charge in [-0.25, -0.2) is 0 Å². The van der Waals surface area contributed by atoms with Gasteiger partial charge in [-0.05, 0) is 53.7 Å². The van der Waals surface area contributed by atoms with Crippen molar-refractivity contribution in [3.05, 3.63) is 72.8 Å². The van der Waals surface area contributed by atoms with Crippen LogP contribution < -0.4 is 0 Å². The van der Waals surface area contributed by atoms with Crippen molar-refractivity contribution in [2.24, 2.45) is 6.66 Å². The Bertz CT molecular complexity index is 1220. The Morgan fingerprint density at radius 2 is 1.00 bits per heavy atom. The minimum absolute atomic E-state index is 0.380. The molecule has 0 N–H and O–H groups in total. The summed E-state index contributed by atoms with van der Waals surface area (Å²) < 4.78 is 12.3. The number of hydrogen-bond acceptors (Lipinski definition) is 2. The molecule has 0 unspecified atom stereocenters. The molecule has 5 rings (SSSR count). The molecule has 4 heteroatoms. The Hall–Kier alpha value is -2.27. The molecule has 0 aliphatic rings. The first kappa shape index (κ1) is 19.1. The molecule has 0 saturated heterocycles. The molecular formula is C24H24O2P2. The average Bonchev–Trinajstić information content (AvgIpc) is 2.83. The fourth-order valence-corrected chi connectivity index (χ4v) is 4.36. The van der Waals surface area contributed by atoms with Gasteiger partial charge >= 0.3 is 0 Å². The quantitative estimate of drug-likeness (QED) is 0.241. The molecule has 4 aromatic carbocycles. The molecule has 0 saturated carbocycles. The fraction of sp³-hybridized carbons (Fsp3) is 0.167. The van der Waals surface area contributed by atoms with Gasteiger partial charge in [0, 0.05) is 17.4 Å². The summed E-state index contributed by atoms with van der Waals surface area (Å²) >= 11 is 0. The van der Waals surface area contributed by atoms with Gasteiger partial charge in [0.2, 0.25) is 8.01 Å². The number of fused-ring (bicyclic) bond motifs is 7. The fourth-order valence-electron chi connectivity index (χ4n) is 3.47. The monoisotopic (exact) mass is 406 g/mol. The van der Waals surface area contributed by atoms with E-state index in [1.165, 1.54) is 21.5 Å². The highest BCUT2D eigenvalue weighted by Gasteiger charge is 2.11. The van der Waals surface area contributed by atoms with E-state index in [9.17, 15) is 0 Å². The van der Waals surface area contributed by atoms with Gasteiger partial charge in [-0.1, -0.05) is 60.7 Å². The zero-order valence-electron chi connectivity index (χ0n) is 16.6. The van der Waals surface area contributed by atoms with Crippen molar-refractivity contribution < 1.29 is 8.39 Å². The van der Waals surface area contributed by atoms with Crippen LogP contribution >= 0.6 is 15.9 Å². The molecule has 5 aromatic rings. The van der Waals surface area contributed by atoms with Gasteiger partial charge in [0.15, 0.2) is 0 Å². The van der Waals surface area contributed by atoms with Crippen LogP contribution in [-0.4, -0.2) is 20.0 Å². The molecule has 1 heterocycles. The van der Waals surface area contributed by atoms with Gasteiger partial charge in [-0.3, -0.25) is 0 Å². The third-order valence-electron chi connectivity index (χ3n) is 4.49. The van der Waals surface area contributed by atoms with Crippen LogP contribution in [0.15, 0.2) is 81.2 Å². The summed E-state index contributed by atoms with van der Waals surface area (Å²) in [4.78, 5) is 0. The van der Waals surface area contributed by atoms with Crippen molar-refractivity contribution in [2.75, 3.05) is 20.0 Å².